The van der Waals surface area contributed by atoms with E-state index in [1.807, 2.05) is 31.2 Å². The number of alkyl halides is 3. The minimum Gasteiger partial charge on any atom is -0.472 e. The molecule has 1 fully saturated rings. The summed E-state index contributed by atoms with van der Waals surface area (Å²) >= 11 is 0. The minimum absolute atomic E-state index is 0.0541. The summed E-state index contributed by atoms with van der Waals surface area (Å²) < 4.78 is 69.0. The molecule has 0 aliphatic carbocycles. The first-order chi connectivity index (χ1) is 12.6. The third kappa shape index (κ3) is 4.86. The molecular formula is C18H17F3N2O3S. The van der Waals surface area contributed by atoms with E-state index in [4.69, 9.17) is 4.74 Å². The van der Waals surface area contributed by atoms with Crippen LogP contribution in [0.3, 0.4) is 0 Å². The molecular weight excluding hydrogens is 381 g/mol. The second kappa shape index (κ2) is 7.32. The highest BCUT2D eigenvalue weighted by Gasteiger charge is 2.37. The van der Waals surface area contributed by atoms with Crippen molar-refractivity contribution in [1.29, 1.82) is 0 Å². The van der Waals surface area contributed by atoms with E-state index in [2.05, 4.69) is 4.98 Å². The molecule has 0 unspecified atom stereocenters. The van der Waals surface area contributed by atoms with Crippen molar-refractivity contribution in [3.8, 4) is 5.88 Å². The average Bonchev–Trinajstić information content (AvgIpc) is 2.56. The molecule has 0 radical (unpaired) electrons. The predicted octanol–water partition coefficient (Wildman–Crippen LogP) is 3.47. The molecule has 1 aliphatic rings. The van der Waals surface area contributed by atoms with Crippen LogP contribution in [-0.2, 0) is 16.2 Å². The molecule has 3 rings (SSSR count). The van der Waals surface area contributed by atoms with Gasteiger partial charge in [-0.05, 0) is 24.6 Å². The molecule has 0 bridgehead atoms. The smallest absolute Gasteiger partial charge is 0.433 e. The van der Waals surface area contributed by atoms with Crippen molar-refractivity contribution in [3.05, 3.63) is 64.7 Å². The molecule has 1 aromatic carbocycles. The minimum atomic E-state index is -4.56. The maximum Gasteiger partial charge on any atom is 0.433 e. The van der Waals surface area contributed by atoms with Crippen molar-refractivity contribution in [2.45, 2.75) is 19.2 Å². The molecule has 144 valence electrons. The highest BCUT2D eigenvalue weighted by atomic mass is 32.2. The van der Waals surface area contributed by atoms with E-state index in [0.29, 0.717) is 0 Å². The Hall–Kier alpha value is -2.39. The van der Waals surface area contributed by atoms with Crippen LogP contribution >= 0.6 is 0 Å². The van der Waals surface area contributed by atoms with E-state index in [1.165, 1.54) is 22.5 Å². The molecule has 2 heterocycles. The summed E-state index contributed by atoms with van der Waals surface area (Å²) in [5.74, 6) is -0.179. The summed E-state index contributed by atoms with van der Waals surface area (Å²) in [5, 5.41) is 1.11. The van der Waals surface area contributed by atoms with Crippen molar-refractivity contribution in [3.63, 3.8) is 0 Å². The number of sulfonamides is 1. The Bertz CT molecular complexity index is 935. The van der Waals surface area contributed by atoms with Crippen LogP contribution in [0.2, 0.25) is 0 Å². The van der Waals surface area contributed by atoms with E-state index in [0.717, 1.165) is 22.6 Å². The van der Waals surface area contributed by atoms with Crippen LogP contribution in [-0.4, -0.2) is 36.9 Å². The summed E-state index contributed by atoms with van der Waals surface area (Å²) in [4.78, 5) is 3.41. The van der Waals surface area contributed by atoms with Crippen molar-refractivity contribution in [2.75, 3.05) is 13.1 Å². The van der Waals surface area contributed by atoms with Crippen LogP contribution in [0, 0.1) is 6.92 Å². The third-order valence-electron chi connectivity index (χ3n) is 3.99. The van der Waals surface area contributed by atoms with Crippen molar-refractivity contribution in [1.82, 2.24) is 9.29 Å². The molecule has 0 spiro atoms. The zero-order chi connectivity index (χ0) is 19.7. The number of rotatable bonds is 5. The molecule has 0 saturated carbocycles. The lowest BCUT2D eigenvalue weighted by Crippen LogP contribution is -2.55. The van der Waals surface area contributed by atoms with Gasteiger partial charge < -0.3 is 4.74 Å². The van der Waals surface area contributed by atoms with Crippen LogP contribution in [0.1, 0.15) is 16.8 Å². The Morgan fingerprint density at radius 1 is 1.15 bits per heavy atom. The summed E-state index contributed by atoms with van der Waals surface area (Å²) in [5.41, 5.74) is 0.774. The Morgan fingerprint density at radius 3 is 2.44 bits per heavy atom. The van der Waals surface area contributed by atoms with Gasteiger partial charge in [0, 0.05) is 11.5 Å². The van der Waals surface area contributed by atoms with Crippen LogP contribution in [0.25, 0.3) is 6.08 Å². The molecule has 0 N–H and O–H groups in total. The highest BCUT2D eigenvalue weighted by molar-refractivity contribution is 7.92. The summed E-state index contributed by atoms with van der Waals surface area (Å²) in [7, 11) is -3.62. The topological polar surface area (TPSA) is 59.5 Å². The average molecular weight is 398 g/mol. The van der Waals surface area contributed by atoms with E-state index < -0.39 is 28.0 Å². The first-order valence-electron chi connectivity index (χ1n) is 8.09. The molecule has 2 aromatic rings. The van der Waals surface area contributed by atoms with Crippen molar-refractivity contribution < 1.29 is 26.3 Å². The quantitative estimate of drug-likeness (QED) is 0.774. The fourth-order valence-corrected chi connectivity index (χ4v) is 3.67. The maximum atomic E-state index is 12.7. The van der Waals surface area contributed by atoms with Crippen molar-refractivity contribution >= 4 is 16.1 Å². The predicted molar refractivity (Wildman–Crippen MR) is 94.4 cm³/mol. The summed E-state index contributed by atoms with van der Waals surface area (Å²) in [6.45, 7) is 2.04. The second-order valence-electron chi connectivity index (χ2n) is 6.17. The van der Waals surface area contributed by atoms with Gasteiger partial charge in [-0.15, -0.1) is 0 Å². The van der Waals surface area contributed by atoms with Gasteiger partial charge in [0.1, 0.15) is 11.8 Å². The molecule has 1 aromatic heterocycles. The fourth-order valence-electron chi connectivity index (χ4n) is 2.42. The number of ether oxygens (including phenoxy) is 1. The standard InChI is InChI=1S/C18H17F3N2O3S/c1-13-5-7-14(8-6-13)9-10-27(24,25)23-11-15(12-23)26-17-4-2-3-16(22-17)18(19,20)21/h2-10,15H,11-12H2,1H3/b10-9+. The first kappa shape index (κ1) is 19.4. The molecule has 1 saturated heterocycles. The lowest BCUT2D eigenvalue weighted by atomic mass is 10.2. The fraction of sp³-hybridized carbons (Fsp3) is 0.278. The third-order valence-corrected chi connectivity index (χ3v) is 5.48. The lowest BCUT2D eigenvalue weighted by Gasteiger charge is -2.36. The number of hydrogen-bond donors (Lipinski definition) is 0. The largest absolute Gasteiger partial charge is 0.472 e. The Kier molecular flexibility index (Phi) is 5.25. The number of aromatic nitrogens is 1. The van der Waals surface area contributed by atoms with Gasteiger partial charge >= 0.3 is 6.18 Å². The number of halogens is 3. The van der Waals surface area contributed by atoms with Gasteiger partial charge in [-0.25, -0.2) is 13.4 Å². The number of aryl methyl sites for hydroxylation is 1. The van der Waals surface area contributed by atoms with Gasteiger partial charge in [0.15, 0.2) is 0 Å². The van der Waals surface area contributed by atoms with E-state index >= 15 is 0 Å². The zero-order valence-corrected chi connectivity index (χ0v) is 15.2. The Balaban J connectivity index is 1.58. The molecule has 0 atom stereocenters. The molecule has 1 aliphatic heterocycles. The maximum absolute atomic E-state index is 12.7. The van der Waals surface area contributed by atoms with Crippen LogP contribution < -0.4 is 4.74 Å². The van der Waals surface area contributed by atoms with Gasteiger partial charge in [0.2, 0.25) is 15.9 Å². The van der Waals surface area contributed by atoms with Crippen LogP contribution in [0.5, 0.6) is 5.88 Å². The van der Waals surface area contributed by atoms with Crippen molar-refractivity contribution in [2.24, 2.45) is 0 Å². The lowest BCUT2D eigenvalue weighted by molar-refractivity contribution is -0.141. The summed E-state index contributed by atoms with van der Waals surface area (Å²) in [6, 6.07) is 10.7. The van der Waals surface area contributed by atoms with E-state index in [9.17, 15) is 21.6 Å². The zero-order valence-electron chi connectivity index (χ0n) is 14.3. The number of hydrogen-bond acceptors (Lipinski definition) is 4. The Morgan fingerprint density at radius 2 is 1.81 bits per heavy atom. The van der Waals surface area contributed by atoms with Gasteiger partial charge in [-0.3, -0.25) is 0 Å². The van der Waals surface area contributed by atoms with E-state index in [1.54, 1.807) is 0 Å². The van der Waals surface area contributed by atoms with E-state index in [-0.39, 0.29) is 19.0 Å². The second-order valence-corrected chi connectivity index (χ2v) is 7.99. The van der Waals surface area contributed by atoms with Gasteiger partial charge in [-0.1, -0.05) is 35.9 Å². The molecule has 0 amide bonds. The highest BCUT2D eigenvalue weighted by Crippen LogP contribution is 2.29. The molecule has 27 heavy (non-hydrogen) atoms. The normalized spacial score (nSPS) is 16.4. The van der Waals surface area contributed by atoms with Gasteiger partial charge in [0.05, 0.1) is 13.1 Å². The van der Waals surface area contributed by atoms with Crippen LogP contribution in [0.4, 0.5) is 13.2 Å². The number of nitrogens with zero attached hydrogens (tertiary/aromatic N) is 2. The number of benzene rings is 1. The SMILES string of the molecule is Cc1ccc(/C=C/S(=O)(=O)N2CC(Oc3cccc(C(F)(F)F)n3)C2)cc1. The van der Waals surface area contributed by atoms with Crippen LogP contribution in [0.15, 0.2) is 47.9 Å². The monoisotopic (exact) mass is 398 g/mol. The van der Waals surface area contributed by atoms with Gasteiger partial charge in [-0.2, -0.15) is 17.5 Å². The first-order valence-corrected chi connectivity index (χ1v) is 9.60. The Labute approximate surface area is 155 Å². The number of pyridine rings is 1. The molecule has 9 heteroatoms. The molecule has 5 nitrogen and oxygen atoms in total. The summed E-state index contributed by atoms with van der Waals surface area (Å²) in [6.07, 6.45) is -3.60. The van der Waals surface area contributed by atoms with Gasteiger partial charge in [0.25, 0.3) is 0 Å².